The van der Waals surface area contributed by atoms with Gasteiger partial charge in [0.05, 0.1) is 13.7 Å². The van der Waals surface area contributed by atoms with E-state index in [0.717, 1.165) is 0 Å². The first kappa shape index (κ1) is 17.4. The molecule has 0 aliphatic heterocycles. The lowest BCUT2D eigenvalue weighted by molar-refractivity contribution is -0.113. The second kappa shape index (κ2) is 7.96. The fraction of sp³-hybridized carbons (Fsp3) is 0.429. The van der Waals surface area contributed by atoms with Gasteiger partial charge in [-0.25, -0.2) is 0 Å². The Morgan fingerprint density at radius 3 is 2.10 bits per heavy atom. The monoisotopic (exact) mass is 300 g/mol. The molecule has 0 radical (unpaired) electrons. The zero-order valence-electron chi connectivity index (χ0n) is 11.5. The van der Waals surface area contributed by atoms with Gasteiger partial charge in [0, 0.05) is 5.56 Å². The van der Waals surface area contributed by atoms with Crippen LogP contribution in [0.4, 0.5) is 0 Å². The summed E-state index contributed by atoms with van der Waals surface area (Å²) < 4.78 is 5.00. The first-order valence-electron chi connectivity index (χ1n) is 6.29. The van der Waals surface area contributed by atoms with Crippen LogP contribution in [0.25, 0.3) is 5.76 Å². The highest BCUT2D eigenvalue weighted by atomic mass is 16.5. The van der Waals surface area contributed by atoms with Gasteiger partial charge in [-0.1, -0.05) is 30.3 Å². The highest BCUT2D eigenvalue weighted by molar-refractivity contribution is 5.62. The molecule has 0 spiro atoms. The third-order valence-corrected chi connectivity index (χ3v) is 3.01. The molecule has 4 atom stereocenters. The topological polar surface area (TPSA) is 131 Å². The van der Waals surface area contributed by atoms with Crippen LogP contribution in [0, 0.1) is 0 Å². The van der Waals surface area contributed by atoms with E-state index in [9.17, 15) is 25.5 Å². The minimum Gasteiger partial charge on any atom is -0.506 e. The Balaban J connectivity index is 3.02. The molecule has 0 aliphatic carbocycles. The van der Waals surface area contributed by atoms with Crippen molar-refractivity contribution < 1.29 is 35.4 Å². The lowest BCUT2D eigenvalue weighted by Gasteiger charge is -2.26. The Morgan fingerprint density at radius 1 is 1.05 bits per heavy atom. The van der Waals surface area contributed by atoms with Gasteiger partial charge in [0.1, 0.15) is 24.4 Å². The van der Waals surface area contributed by atoms with E-state index in [-0.39, 0.29) is 5.76 Å². The van der Waals surface area contributed by atoms with Crippen molar-refractivity contribution in [3.8, 4) is 0 Å². The summed E-state index contributed by atoms with van der Waals surface area (Å²) in [6, 6.07) is 8.37. The zero-order chi connectivity index (χ0) is 16.0. The number of methoxy groups -OCH3 is 1. The number of aliphatic hydroxyl groups is 6. The van der Waals surface area contributed by atoms with Crippen LogP contribution in [0.1, 0.15) is 5.56 Å². The zero-order valence-corrected chi connectivity index (χ0v) is 11.5. The van der Waals surface area contributed by atoms with Crippen LogP contribution in [0.5, 0.6) is 0 Å². The Labute approximate surface area is 122 Å². The smallest absolute Gasteiger partial charge is 0.166 e. The normalized spacial score (nSPS) is 18.4. The van der Waals surface area contributed by atoms with Crippen molar-refractivity contribution >= 4 is 5.76 Å². The van der Waals surface area contributed by atoms with Gasteiger partial charge in [-0.15, -0.1) is 0 Å². The van der Waals surface area contributed by atoms with E-state index in [1.165, 1.54) is 7.11 Å². The number of hydrogen-bond donors (Lipinski definition) is 6. The Bertz CT molecular complexity index is 460. The van der Waals surface area contributed by atoms with Crippen LogP contribution in [0.2, 0.25) is 0 Å². The van der Waals surface area contributed by atoms with Crippen molar-refractivity contribution in [2.24, 2.45) is 0 Å². The standard InChI is InChI=1S/C14H20O7/c1-21-14(8-5-3-2-4-6-8)13(20)12(19)11(18)10(17)9(16)7-15/h2-6,9-12,15-20H,7H2,1H3/t9-,10-,11+,12-/m1/s1. The Hall–Kier alpha value is -1.64. The van der Waals surface area contributed by atoms with Crippen molar-refractivity contribution in [3.05, 3.63) is 41.7 Å². The van der Waals surface area contributed by atoms with Crippen LogP contribution >= 0.6 is 0 Å². The maximum absolute atomic E-state index is 9.99. The van der Waals surface area contributed by atoms with E-state index in [1.54, 1.807) is 30.3 Å². The molecule has 21 heavy (non-hydrogen) atoms. The minimum absolute atomic E-state index is 0.0761. The Kier molecular flexibility index (Phi) is 6.60. The molecular formula is C14H20O7. The van der Waals surface area contributed by atoms with E-state index < -0.39 is 36.8 Å². The maximum Gasteiger partial charge on any atom is 0.166 e. The van der Waals surface area contributed by atoms with Crippen LogP contribution in [0.15, 0.2) is 36.1 Å². The van der Waals surface area contributed by atoms with Crippen molar-refractivity contribution in [1.29, 1.82) is 0 Å². The summed E-state index contributed by atoms with van der Waals surface area (Å²) in [5.74, 6) is -0.770. The second-order valence-electron chi connectivity index (χ2n) is 4.46. The fourth-order valence-corrected chi connectivity index (χ4v) is 1.78. The maximum atomic E-state index is 9.99. The molecule has 1 aromatic rings. The van der Waals surface area contributed by atoms with Gasteiger partial charge in [0.2, 0.25) is 0 Å². The van der Waals surface area contributed by atoms with Gasteiger partial charge in [-0.3, -0.25) is 0 Å². The molecule has 0 amide bonds. The van der Waals surface area contributed by atoms with Gasteiger partial charge >= 0.3 is 0 Å². The molecule has 0 saturated carbocycles. The van der Waals surface area contributed by atoms with E-state index >= 15 is 0 Å². The molecule has 118 valence electrons. The van der Waals surface area contributed by atoms with Crippen molar-refractivity contribution in [1.82, 2.24) is 0 Å². The van der Waals surface area contributed by atoms with Gasteiger partial charge in [0.15, 0.2) is 11.5 Å². The summed E-state index contributed by atoms with van der Waals surface area (Å²) in [6.45, 7) is -0.800. The molecular weight excluding hydrogens is 280 g/mol. The highest BCUT2D eigenvalue weighted by Gasteiger charge is 2.34. The predicted molar refractivity (Wildman–Crippen MR) is 74.1 cm³/mol. The van der Waals surface area contributed by atoms with Gasteiger partial charge < -0.3 is 35.4 Å². The minimum atomic E-state index is -1.90. The predicted octanol–water partition coefficient (Wildman–Crippen LogP) is -1.00. The van der Waals surface area contributed by atoms with Crippen molar-refractivity contribution in [3.63, 3.8) is 0 Å². The number of ether oxygens (including phenoxy) is 1. The molecule has 1 aromatic carbocycles. The highest BCUT2D eigenvalue weighted by Crippen LogP contribution is 2.22. The summed E-state index contributed by atoms with van der Waals surface area (Å²) in [7, 11) is 1.27. The molecule has 0 unspecified atom stereocenters. The molecule has 7 nitrogen and oxygen atoms in total. The Morgan fingerprint density at radius 2 is 1.62 bits per heavy atom. The number of hydrogen-bond acceptors (Lipinski definition) is 7. The second-order valence-corrected chi connectivity index (χ2v) is 4.46. The van der Waals surface area contributed by atoms with Gasteiger partial charge in [-0.2, -0.15) is 0 Å². The number of aliphatic hydroxyl groups excluding tert-OH is 6. The lowest BCUT2D eigenvalue weighted by Crippen LogP contribution is -2.46. The molecule has 0 bridgehead atoms. The molecule has 0 heterocycles. The van der Waals surface area contributed by atoms with Crippen molar-refractivity contribution in [2.45, 2.75) is 24.4 Å². The molecule has 6 N–H and O–H groups in total. The quantitative estimate of drug-likeness (QED) is 0.356. The average molecular weight is 300 g/mol. The lowest BCUT2D eigenvalue weighted by atomic mass is 10.00. The summed E-state index contributed by atoms with van der Waals surface area (Å²) in [5, 5.41) is 57.1. The summed E-state index contributed by atoms with van der Waals surface area (Å²) in [5.41, 5.74) is 0.459. The fourth-order valence-electron chi connectivity index (χ4n) is 1.78. The third-order valence-electron chi connectivity index (χ3n) is 3.01. The van der Waals surface area contributed by atoms with E-state index in [4.69, 9.17) is 9.84 Å². The molecule has 0 saturated heterocycles. The van der Waals surface area contributed by atoms with Crippen LogP contribution in [-0.4, -0.2) is 68.8 Å². The summed E-state index contributed by atoms with van der Waals surface area (Å²) in [4.78, 5) is 0. The van der Waals surface area contributed by atoms with Crippen LogP contribution in [0.3, 0.4) is 0 Å². The largest absolute Gasteiger partial charge is 0.506 e. The SMILES string of the molecule is COC(=C(O)[C@H](O)[C@@H](O)[C@H](O)[C@H](O)CO)c1ccccc1. The summed E-state index contributed by atoms with van der Waals surface area (Å²) in [6.07, 6.45) is -7.27. The third kappa shape index (κ3) is 4.16. The number of benzene rings is 1. The van der Waals surface area contributed by atoms with E-state index in [1.807, 2.05) is 0 Å². The van der Waals surface area contributed by atoms with Crippen molar-refractivity contribution in [2.75, 3.05) is 13.7 Å². The average Bonchev–Trinajstić information content (AvgIpc) is 2.53. The first-order valence-corrected chi connectivity index (χ1v) is 6.29. The molecule has 0 aliphatic rings. The van der Waals surface area contributed by atoms with Gasteiger partial charge in [0.25, 0.3) is 0 Å². The summed E-state index contributed by atoms with van der Waals surface area (Å²) >= 11 is 0. The molecule has 0 aromatic heterocycles. The van der Waals surface area contributed by atoms with Crippen LogP contribution < -0.4 is 0 Å². The van der Waals surface area contributed by atoms with Crippen LogP contribution in [-0.2, 0) is 4.74 Å². The molecule has 1 rings (SSSR count). The van der Waals surface area contributed by atoms with E-state index in [0.29, 0.717) is 5.56 Å². The molecule has 7 heteroatoms. The van der Waals surface area contributed by atoms with Gasteiger partial charge in [-0.05, 0) is 0 Å². The van der Waals surface area contributed by atoms with E-state index in [2.05, 4.69) is 0 Å². The number of rotatable bonds is 7. The molecule has 0 fully saturated rings. The first-order chi connectivity index (χ1) is 9.93.